The first-order chi connectivity index (χ1) is 21.2. The third-order valence-corrected chi connectivity index (χ3v) is 10.8. The van der Waals surface area contributed by atoms with E-state index < -0.39 is 11.6 Å². The van der Waals surface area contributed by atoms with Crippen LogP contribution in [0.1, 0.15) is 99.7 Å². The van der Waals surface area contributed by atoms with E-state index in [9.17, 15) is 19.5 Å². The number of piperidine rings is 1. The summed E-state index contributed by atoms with van der Waals surface area (Å²) in [6, 6.07) is 6.76. The molecule has 2 heterocycles. The molecule has 1 aromatic heterocycles. The smallest absolute Gasteiger partial charge is 0.344 e. The molecule has 0 radical (unpaired) electrons. The number of unbranched alkanes of at least 4 members (excludes halogenated alkanes) is 1. The summed E-state index contributed by atoms with van der Waals surface area (Å²) in [4.78, 5) is 40.0. The van der Waals surface area contributed by atoms with Crippen LogP contribution in [-0.4, -0.2) is 61.0 Å². The molecule has 1 unspecified atom stereocenters. The van der Waals surface area contributed by atoms with Crippen molar-refractivity contribution in [2.24, 2.45) is 11.3 Å². The number of ether oxygens (including phenoxy) is 2. The number of likely N-dealkylation sites (tertiary alicyclic amines) is 1. The van der Waals surface area contributed by atoms with E-state index in [4.69, 9.17) is 21.1 Å². The Balaban J connectivity index is 0.00000104. The van der Waals surface area contributed by atoms with E-state index in [0.717, 1.165) is 64.5 Å². The summed E-state index contributed by atoms with van der Waals surface area (Å²) < 4.78 is 11.1. The third kappa shape index (κ3) is 8.03. The molecule has 1 aromatic carbocycles. The van der Waals surface area contributed by atoms with Crippen LogP contribution in [0.3, 0.4) is 0 Å². The summed E-state index contributed by atoms with van der Waals surface area (Å²) in [6.45, 7) is 6.77. The second-order valence-corrected chi connectivity index (χ2v) is 13.8. The number of benzene rings is 1. The Labute approximate surface area is 270 Å². The molecular weight excluding hydrogens is 600 g/mol. The lowest BCUT2D eigenvalue weighted by atomic mass is 9.61. The highest BCUT2D eigenvalue weighted by atomic mass is 35.5. The lowest BCUT2D eigenvalue weighted by molar-refractivity contribution is -0.192. The summed E-state index contributed by atoms with van der Waals surface area (Å²) in [5.74, 6) is -0.361. The summed E-state index contributed by atoms with van der Waals surface area (Å²) in [7, 11) is 1.46. The predicted molar refractivity (Wildman–Crippen MR) is 175 cm³/mol. The number of anilines is 1. The molecule has 1 aliphatic heterocycles. The molecular formula is C34H47ClN2O6S. The van der Waals surface area contributed by atoms with E-state index in [1.807, 2.05) is 17.5 Å². The van der Waals surface area contributed by atoms with Gasteiger partial charge in [-0.3, -0.25) is 9.59 Å². The van der Waals surface area contributed by atoms with Gasteiger partial charge >= 0.3 is 5.97 Å². The molecule has 0 bridgehead atoms. The van der Waals surface area contributed by atoms with Crippen LogP contribution in [0.25, 0.3) is 0 Å². The van der Waals surface area contributed by atoms with Crippen molar-refractivity contribution < 1.29 is 29.0 Å². The van der Waals surface area contributed by atoms with Crippen LogP contribution in [0.4, 0.5) is 5.69 Å². The van der Waals surface area contributed by atoms with Crippen molar-refractivity contribution in [3.05, 3.63) is 45.1 Å². The molecule has 2 saturated carbocycles. The molecule has 5 rings (SSSR count). The van der Waals surface area contributed by atoms with E-state index in [1.165, 1.54) is 37.4 Å². The van der Waals surface area contributed by atoms with Crippen LogP contribution >= 0.6 is 22.9 Å². The molecule has 242 valence electrons. The molecule has 1 spiro atoms. The quantitative estimate of drug-likeness (QED) is 0.196. The predicted octanol–water partition coefficient (Wildman–Crippen LogP) is 7.22. The molecule has 1 atom stereocenters. The zero-order chi connectivity index (χ0) is 31.7. The average molecular weight is 647 g/mol. The zero-order valence-electron chi connectivity index (χ0n) is 26.2. The first kappa shape index (κ1) is 34.4. The van der Waals surface area contributed by atoms with Gasteiger partial charge in [0.2, 0.25) is 5.91 Å². The fourth-order valence-corrected chi connectivity index (χ4v) is 7.71. The number of hydrogen-bond acceptors (Lipinski definition) is 8. The lowest BCUT2D eigenvalue weighted by Gasteiger charge is -2.52. The highest BCUT2D eigenvalue weighted by Gasteiger charge is 2.53. The Hall–Kier alpha value is -2.46. The number of aldehydes is 1. The van der Waals surface area contributed by atoms with Crippen molar-refractivity contribution in [2.75, 3.05) is 32.1 Å². The normalized spacial score (nSPS) is 19.8. The fourth-order valence-electron chi connectivity index (χ4n) is 6.60. The Morgan fingerprint density at radius 2 is 1.86 bits per heavy atom. The van der Waals surface area contributed by atoms with Crippen molar-refractivity contribution in [2.45, 2.75) is 96.2 Å². The van der Waals surface area contributed by atoms with E-state index in [2.05, 4.69) is 24.1 Å². The number of nitrogens with one attached hydrogen (secondary N) is 1. The maximum atomic E-state index is 13.3. The summed E-state index contributed by atoms with van der Waals surface area (Å²) in [6.07, 6.45) is 10.9. The SMILES string of the molecule is CCCC.COc1cc(NC(=O)CCN2CCC3(CC2)CC(OC(=O)C(O)(c2cccs2)C2CCCC2)C3)c(Cl)cc1C=O. The molecule has 10 heteroatoms. The first-order valence-electron chi connectivity index (χ1n) is 16.0. The van der Waals surface area contributed by atoms with Gasteiger partial charge in [0.25, 0.3) is 0 Å². The maximum absolute atomic E-state index is 13.3. The van der Waals surface area contributed by atoms with Gasteiger partial charge in [0.15, 0.2) is 11.9 Å². The fraction of sp³-hybridized carbons (Fsp3) is 0.618. The van der Waals surface area contributed by atoms with E-state index in [1.54, 1.807) is 6.07 Å². The lowest BCUT2D eigenvalue weighted by Crippen LogP contribution is -2.52. The number of carbonyl (C=O) groups excluding carboxylic acids is 3. The van der Waals surface area contributed by atoms with Crippen LogP contribution < -0.4 is 10.1 Å². The average Bonchev–Trinajstić information content (AvgIpc) is 3.76. The number of hydrogen-bond donors (Lipinski definition) is 2. The number of amides is 1. The van der Waals surface area contributed by atoms with Gasteiger partial charge in [0.05, 0.1) is 23.4 Å². The standard InChI is InChI=1S/C30H37ClN2O6S.C4H10/c1-38-25-16-24(23(31)15-20(25)19-34)32-27(35)8-11-33-12-9-29(10-13-33)17-22(18-29)39-28(36)30(37,21-5-2-3-6-21)26-7-4-14-40-26;1-3-4-2/h4,7,14-16,19,21-22,37H,2-3,5-6,8-13,17-18H2,1H3,(H,32,35);3-4H2,1-2H3. The molecule has 3 aliphatic rings. The van der Waals surface area contributed by atoms with E-state index in [-0.39, 0.29) is 28.4 Å². The second kappa shape index (κ2) is 15.7. The van der Waals surface area contributed by atoms with Gasteiger partial charge in [0, 0.05) is 29.8 Å². The number of methoxy groups -OCH3 is 1. The zero-order valence-corrected chi connectivity index (χ0v) is 27.8. The van der Waals surface area contributed by atoms with Crippen molar-refractivity contribution >= 4 is 46.8 Å². The minimum absolute atomic E-state index is 0.0816. The number of esters is 1. The van der Waals surface area contributed by atoms with Gasteiger partial charge in [-0.05, 0) is 74.5 Å². The Bertz CT molecular complexity index is 1250. The molecule has 8 nitrogen and oxygen atoms in total. The van der Waals surface area contributed by atoms with Crippen LogP contribution in [0.15, 0.2) is 29.6 Å². The van der Waals surface area contributed by atoms with Crippen LogP contribution in [-0.2, 0) is 19.9 Å². The highest BCUT2D eigenvalue weighted by Crippen LogP contribution is 2.51. The Morgan fingerprint density at radius 1 is 1.18 bits per heavy atom. The summed E-state index contributed by atoms with van der Waals surface area (Å²) in [5.41, 5.74) is -0.625. The van der Waals surface area contributed by atoms with E-state index >= 15 is 0 Å². The number of halogens is 1. The maximum Gasteiger partial charge on any atom is 0.344 e. The van der Waals surface area contributed by atoms with Gasteiger partial charge in [-0.1, -0.05) is 57.2 Å². The number of aliphatic hydroxyl groups is 1. The van der Waals surface area contributed by atoms with Gasteiger partial charge < -0.3 is 24.8 Å². The van der Waals surface area contributed by atoms with Gasteiger partial charge in [-0.15, -0.1) is 11.3 Å². The highest BCUT2D eigenvalue weighted by molar-refractivity contribution is 7.10. The van der Waals surface area contributed by atoms with Gasteiger partial charge in [0.1, 0.15) is 11.9 Å². The van der Waals surface area contributed by atoms with Crippen molar-refractivity contribution in [1.82, 2.24) is 4.90 Å². The second-order valence-electron chi connectivity index (χ2n) is 12.5. The monoisotopic (exact) mass is 646 g/mol. The number of thiophene rings is 1. The molecule has 3 fully saturated rings. The molecule has 1 amide bonds. The third-order valence-electron chi connectivity index (χ3n) is 9.54. The molecule has 1 saturated heterocycles. The van der Waals surface area contributed by atoms with Gasteiger partial charge in [-0.25, -0.2) is 4.79 Å². The van der Waals surface area contributed by atoms with Gasteiger partial charge in [-0.2, -0.15) is 0 Å². The van der Waals surface area contributed by atoms with Crippen molar-refractivity contribution in [1.29, 1.82) is 0 Å². The largest absolute Gasteiger partial charge is 0.496 e. The minimum atomic E-state index is -1.54. The number of rotatable bonds is 11. The molecule has 2 N–H and O–H groups in total. The number of carbonyl (C=O) groups is 3. The first-order valence-corrected chi connectivity index (χ1v) is 17.3. The minimum Gasteiger partial charge on any atom is -0.496 e. The van der Waals surface area contributed by atoms with Crippen molar-refractivity contribution in [3.63, 3.8) is 0 Å². The number of nitrogens with zero attached hydrogens (tertiary/aromatic N) is 1. The molecule has 2 aromatic rings. The van der Waals surface area contributed by atoms with Crippen LogP contribution in [0.5, 0.6) is 5.75 Å². The van der Waals surface area contributed by atoms with Crippen LogP contribution in [0.2, 0.25) is 5.02 Å². The van der Waals surface area contributed by atoms with Crippen molar-refractivity contribution in [3.8, 4) is 5.75 Å². The summed E-state index contributed by atoms with van der Waals surface area (Å²) >= 11 is 7.65. The topological polar surface area (TPSA) is 105 Å². The van der Waals surface area contributed by atoms with Crippen LogP contribution in [0, 0.1) is 11.3 Å². The summed E-state index contributed by atoms with van der Waals surface area (Å²) in [5, 5.41) is 16.6. The Morgan fingerprint density at radius 3 is 2.43 bits per heavy atom. The van der Waals surface area contributed by atoms with E-state index in [0.29, 0.717) is 41.1 Å². The molecule has 2 aliphatic carbocycles. The Kier molecular flexibility index (Phi) is 12.3. The molecule has 44 heavy (non-hydrogen) atoms.